The number of nitrogens with two attached hydrogens (primary N) is 1. The Bertz CT molecular complexity index is 381. The number of phenolic OH excluding ortho intramolecular Hbond substituents is 1. The minimum Gasteiger partial charge on any atom is -0.504 e. The molecular formula is C10H11ClFNO2. The number of carbonyl (C=O) groups excluding carboxylic acids is 1. The normalized spacial score (nSPS) is 10.4. The quantitative estimate of drug-likeness (QED) is 0.783. The summed E-state index contributed by atoms with van der Waals surface area (Å²) in [6.07, 6.45) is 0.0240. The van der Waals surface area contributed by atoms with E-state index in [0.29, 0.717) is 5.56 Å². The van der Waals surface area contributed by atoms with Crippen LogP contribution in [0.4, 0.5) is 4.39 Å². The summed E-state index contributed by atoms with van der Waals surface area (Å²) in [5, 5.41) is 9.46. The topological polar surface area (TPSA) is 63.3 Å². The summed E-state index contributed by atoms with van der Waals surface area (Å²) in [7, 11) is 0. The lowest BCUT2D eigenvalue weighted by Crippen LogP contribution is -2.10. The summed E-state index contributed by atoms with van der Waals surface area (Å²) in [6, 6.07) is 1.08. The predicted molar refractivity (Wildman–Crippen MR) is 55.8 cm³/mol. The number of rotatable bonds is 3. The van der Waals surface area contributed by atoms with Crippen LogP contribution in [0.2, 0.25) is 5.02 Å². The van der Waals surface area contributed by atoms with Gasteiger partial charge in [-0.3, -0.25) is 4.79 Å². The van der Waals surface area contributed by atoms with Gasteiger partial charge in [-0.05, 0) is 25.1 Å². The molecule has 0 amide bonds. The molecule has 3 N–H and O–H groups in total. The van der Waals surface area contributed by atoms with Gasteiger partial charge in [0.25, 0.3) is 0 Å². The van der Waals surface area contributed by atoms with Gasteiger partial charge in [0.15, 0.2) is 17.3 Å². The highest BCUT2D eigenvalue weighted by molar-refractivity contribution is 6.35. The Balaban J connectivity index is 3.32. The second-order valence-electron chi connectivity index (χ2n) is 3.17. The van der Waals surface area contributed by atoms with E-state index in [4.69, 9.17) is 17.3 Å². The zero-order valence-corrected chi connectivity index (χ0v) is 8.94. The van der Waals surface area contributed by atoms with Gasteiger partial charge in [-0.1, -0.05) is 11.6 Å². The average Bonchev–Trinajstić information content (AvgIpc) is 2.16. The van der Waals surface area contributed by atoms with Crippen LogP contribution >= 0.6 is 11.6 Å². The van der Waals surface area contributed by atoms with Crippen LogP contribution in [0.25, 0.3) is 0 Å². The van der Waals surface area contributed by atoms with Gasteiger partial charge in [-0.15, -0.1) is 0 Å². The van der Waals surface area contributed by atoms with E-state index in [-0.39, 0.29) is 23.6 Å². The van der Waals surface area contributed by atoms with Crippen LogP contribution < -0.4 is 5.73 Å². The number of hydrogen-bond donors (Lipinski definition) is 2. The molecule has 0 fully saturated rings. The summed E-state index contributed by atoms with van der Waals surface area (Å²) in [4.78, 5) is 11.5. The smallest absolute Gasteiger partial charge is 0.169 e. The van der Waals surface area contributed by atoms with Crippen molar-refractivity contribution in [2.75, 3.05) is 6.54 Å². The van der Waals surface area contributed by atoms with Gasteiger partial charge in [0.05, 0.1) is 10.6 Å². The Kier molecular flexibility index (Phi) is 3.66. The molecule has 5 heteroatoms. The summed E-state index contributed by atoms with van der Waals surface area (Å²) in [6.45, 7) is 1.69. The van der Waals surface area contributed by atoms with E-state index in [2.05, 4.69) is 0 Å². The maximum Gasteiger partial charge on any atom is 0.169 e. The van der Waals surface area contributed by atoms with Crippen molar-refractivity contribution in [1.82, 2.24) is 0 Å². The number of halogens is 2. The molecule has 0 radical (unpaired) electrons. The maximum absolute atomic E-state index is 13.1. The first-order valence-electron chi connectivity index (χ1n) is 4.39. The van der Waals surface area contributed by atoms with Crippen molar-refractivity contribution < 1.29 is 14.3 Å². The summed E-state index contributed by atoms with van der Waals surface area (Å²) in [5.41, 5.74) is 5.43. The summed E-state index contributed by atoms with van der Waals surface area (Å²) >= 11 is 5.81. The van der Waals surface area contributed by atoms with Crippen LogP contribution in [0.5, 0.6) is 5.75 Å². The van der Waals surface area contributed by atoms with Gasteiger partial charge in [-0.2, -0.15) is 0 Å². The van der Waals surface area contributed by atoms with Gasteiger partial charge in [-0.25, -0.2) is 4.39 Å². The number of carbonyl (C=O) groups is 1. The van der Waals surface area contributed by atoms with Crippen LogP contribution in [0.1, 0.15) is 22.3 Å². The second kappa shape index (κ2) is 4.59. The molecule has 0 saturated heterocycles. The zero-order chi connectivity index (χ0) is 11.6. The predicted octanol–water partition coefficient (Wildman–Crippen LogP) is 2.02. The molecule has 15 heavy (non-hydrogen) atoms. The van der Waals surface area contributed by atoms with E-state index in [1.165, 1.54) is 0 Å². The van der Waals surface area contributed by atoms with E-state index in [1.54, 1.807) is 6.92 Å². The molecule has 0 aliphatic carbocycles. The maximum atomic E-state index is 13.1. The minimum atomic E-state index is -0.850. The number of hydrogen-bond acceptors (Lipinski definition) is 3. The van der Waals surface area contributed by atoms with Gasteiger partial charge in [0.1, 0.15) is 0 Å². The lowest BCUT2D eigenvalue weighted by molar-refractivity contribution is 0.0982. The highest BCUT2D eigenvalue weighted by atomic mass is 35.5. The van der Waals surface area contributed by atoms with Crippen LogP contribution in [0, 0.1) is 12.7 Å². The highest BCUT2D eigenvalue weighted by Gasteiger charge is 2.20. The Morgan fingerprint density at radius 2 is 2.27 bits per heavy atom. The van der Waals surface area contributed by atoms with Gasteiger partial charge in [0.2, 0.25) is 0 Å². The van der Waals surface area contributed by atoms with Gasteiger partial charge in [0, 0.05) is 6.42 Å². The molecule has 0 unspecified atom stereocenters. The molecule has 1 rings (SSSR count). The highest BCUT2D eigenvalue weighted by Crippen LogP contribution is 2.32. The van der Waals surface area contributed by atoms with E-state index in [9.17, 15) is 14.3 Å². The van der Waals surface area contributed by atoms with Gasteiger partial charge >= 0.3 is 0 Å². The van der Waals surface area contributed by atoms with E-state index in [1.807, 2.05) is 0 Å². The Hall–Kier alpha value is -1.13. The SMILES string of the molecule is Cc1cc(F)c(O)c(C(=O)CCN)c1Cl. The van der Waals surface area contributed by atoms with Crippen molar-refractivity contribution >= 4 is 17.4 Å². The van der Waals surface area contributed by atoms with Crippen molar-refractivity contribution in [3.05, 3.63) is 28.0 Å². The second-order valence-corrected chi connectivity index (χ2v) is 3.55. The Morgan fingerprint density at radius 3 is 2.80 bits per heavy atom. The molecule has 3 nitrogen and oxygen atoms in total. The molecule has 0 spiro atoms. The molecule has 0 aliphatic heterocycles. The molecule has 0 bridgehead atoms. The van der Waals surface area contributed by atoms with Gasteiger partial charge < -0.3 is 10.8 Å². The van der Waals surface area contributed by atoms with Crippen LogP contribution in [0.3, 0.4) is 0 Å². The van der Waals surface area contributed by atoms with Crippen molar-refractivity contribution in [1.29, 1.82) is 0 Å². The third kappa shape index (κ3) is 2.27. The van der Waals surface area contributed by atoms with E-state index < -0.39 is 17.3 Å². The first-order valence-corrected chi connectivity index (χ1v) is 4.77. The number of phenols is 1. The van der Waals surface area contributed by atoms with Crippen molar-refractivity contribution in [2.45, 2.75) is 13.3 Å². The molecule has 1 aromatic carbocycles. The molecule has 0 atom stereocenters. The molecule has 1 aromatic rings. The monoisotopic (exact) mass is 231 g/mol. The Morgan fingerprint density at radius 1 is 1.67 bits per heavy atom. The van der Waals surface area contributed by atoms with Crippen molar-refractivity contribution in [3.8, 4) is 5.75 Å². The summed E-state index contributed by atoms with van der Waals surface area (Å²) < 4.78 is 13.1. The van der Waals surface area contributed by atoms with E-state index in [0.717, 1.165) is 6.07 Å². The molecule has 0 heterocycles. The van der Waals surface area contributed by atoms with E-state index >= 15 is 0 Å². The first-order chi connectivity index (χ1) is 6.99. The molecule has 0 aliphatic rings. The first kappa shape index (κ1) is 11.9. The molecule has 0 aromatic heterocycles. The van der Waals surface area contributed by atoms with Crippen molar-refractivity contribution in [3.63, 3.8) is 0 Å². The van der Waals surface area contributed by atoms with Crippen LogP contribution in [-0.4, -0.2) is 17.4 Å². The molecule has 82 valence electrons. The standard InChI is InChI=1S/C10H11ClFNO2/c1-5-4-6(12)10(15)8(9(5)11)7(14)2-3-13/h4,15H,2-3,13H2,1H3. The summed E-state index contributed by atoms with van der Waals surface area (Å²) in [5.74, 6) is -2.01. The third-order valence-electron chi connectivity index (χ3n) is 2.02. The number of aryl methyl sites for hydroxylation is 1. The lowest BCUT2D eigenvalue weighted by Gasteiger charge is -2.08. The third-order valence-corrected chi connectivity index (χ3v) is 2.51. The number of ketones is 1. The number of Topliss-reactive ketones (excluding diaryl/α,β-unsaturated/α-hetero) is 1. The fraction of sp³-hybridized carbons (Fsp3) is 0.300. The molecular weight excluding hydrogens is 221 g/mol. The number of benzene rings is 1. The largest absolute Gasteiger partial charge is 0.504 e. The van der Waals surface area contributed by atoms with Crippen LogP contribution in [0.15, 0.2) is 6.07 Å². The lowest BCUT2D eigenvalue weighted by atomic mass is 10.0. The zero-order valence-electron chi connectivity index (χ0n) is 8.18. The Labute approximate surface area is 91.7 Å². The van der Waals surface area contributed by atoms with Crippen molar-refractivity contribution in [2.24, 2.45) is 5.73 Å². The fourth-order valence-electron chi connectivity index (χ4n) is 1.25. The van der Waals surface area contributed by atoms with Crippen LogP contribution in [-0.2, 0) is 0 Å². The minimum absolute atomic E-state index is 0.0240. The fourth-order valence-corrected chi connectivity index (χ4v) is 1.50. The number of aromatic hydroxyl groups is 1. The average molecular weight is 232 g/mol. The molecule has 0 saturated carbocycles.